The summed E-state index contributed by atoms with van der Waals surface area (Å²) in [5.41, 5.74) is 1.75. The summed E-state index contributed by atoms with van der Waals surface area (Å²) < 4.78 is 7.01. The van der Waals surface area contributed by atoms with E-state index in [9.17, 15) is 9.59 Å². The van der Waals surface area contributed by atoms with Gasteiger partial charge in [0.15, 0.2) is 6.10 Å². The average molecular weight is 462 g/mol. The number of hydrogen-bond acceptors (Lipinski definition) is 4. The van der Waals surface area contributed by atoms with Crippen LogP contribution >= 0.6 is 0 Å². The lowest BCUT2D eigenvalue weighted by Crippen LogP contribution is -2.66. The number of ether oxygens (including phenoxy) is 1. The Morgan fingerprint density at radius 3 is 2.21 bits per heavy atom. The maximum Gasteiger partial charge on any atom is 0.328 e. The van der Waals surface area contributed by atoms with Gasteiger partial charge < -0.3 is 9.22 Å². The smallest absolute Gasteiger partial charge is 0.328 e. The topological polar surface area (TPSA) is 55.4 Å². The summed E-state index contributed by atoms with van der Waals surface area (Å²) in [7, 11) is 0. The van der Waals surface area contributed by atoms with Crippen molar-refractivity contribution in [3.8, 4) is 0 Å². The largest absolute Gasteiger partial charge is 0.455 e. The maximum absolute atomic E-state index is 13.6. The summed E-state index contributed by atoms with van der Waals surface area (Å²) in [5, 5.41) is 3.64. The lowest BCUT2D eigenvalue weighted by Gasteiger charge is -2.51. The number of carbonyl (C=O) groups is 2. The molecular weight excluding hydrogens is 424 g/mol. The Morgan fingerprint density at radius 1 is 0.882 bits per heavy atom. The lowest BCUT2D eigenvalue weighted by atomic mass is 9.82. The third-order valence-electron chi connectivity index (χ3n) is 8.26. The molecular formula is C29H37N2O3+. The molecule has 3 saturated heterocycles. The van der Waals surface area contributed by atoms with Crippen LogP contribution in [0.4, 0.5) is 0 Å². The van der Waals surface area contributed by atoms with E-state index in [-0.39, 0.29) is 17.9 Å². The second kappa shape index (κ2) is 10.4. The Labute approximate surface area is 203 Å². The van der Waals surface area contributed by atoms with Gasteiger partial charge in [0.25, 0.3) is 0 Å². The fourth-order valence-electron chi connectivity index (χ4n) is 6.26. The number of rotatable bonds is 8. The molecule has 1 N–H and O–H groups in total. The molecule has 180 valence electrons. The van der Waals surface area contributed by atoms with Crippen molar-refractivity contribution in [3.05, 3.63) is 71.8 Å². The zero-order chi connectivity index (χ0) is 23.4. The molecule has 4 fully saturated rings. The molecule has 6 rings (SSSR count). The Hall–Kier alpha value is -2.50. The number of fused-ring (bicyclic) bond motifs is 3. The van der Waals surface area contributed by atoms with Crippen molar-refractivity contribution in [2.24, 2.45) is 5.92 Å². The third-order valence-corrected chi connectivity index (χ3v) is 8.26. The van der Waals surface area contributed by atoms with Crippen molar-refractivity contribution in [2.45, 2.75) is 63.1 Å². The van der Waals surface area contributed by atoms with Gasteiger partial charge in [0.05, 0.1) is 13.1 Å². The molecule has 2 unspecified atom stereocenters. The van der Waals surface area contributed by atoms with Crippen LogP contribution in [0.5, 0.6) is 0 Å². The highest BCUT2D eigenvalue weighted by Crippen LogP contribution is 2.36. The molecule has 0 aromatic heterocycles. The van der Waals surface area contributed by atoms with E-state index >= 15 is 0 Å². The zero-order valence-corrected chi connectivity index (χ0v) is 20.0. The minimum absolute atomic E-state index is 0.113. The molecule has 3 aliphatic heterocycles. The number of piperidine rings is 3. The Balaban J connectivity index is 1.28. The van der Waals surface area contributed by atoms with Crippen LogP contribution in [0, 0.1) is 5.92 Å². The van der Waals surface area contributed by atoms with Crippen molar-refractivity contribution >= 4 is 11.8 Å². The van der Waals surface area contributed by atoms with Crippen LogP contribution in [0.3, 0.4) is 0 Å². The van der Waals surface area contributed by atoms with Crippen molar-refractivity contribution in [2.75, 3.05) is 26.2 Å². The molecule has 0 spiro atoms. The first kappa shape index (κ1) is 23.3. The minimum Gasteiger partial charge on any atom is -0.455 e. The Kier molecular flexibility index (Phi) is 7.12. The number of Topliss-reactive ketones (excluding diaryl/α,β-unsaturated/α-hetero) is 1. The van der Waals surface area contributed by atoms with Crippen LogP contribution in [-0.2, 0) is 9.53 Å². The van der Waals surface area contributed by atoms with Crippen molar-refractivity contribution in [1.82, 2.24) is 5.32 Å². The summed E-state index contributed by atoms with van der Waals surface area (Å²) in [6.45, 7) is 3.24. The molecule has 0 radical (unpaired) electrons. The van der Waals surface area contributed by atoms with Gasteiger partial charge in [-0.2, -0.15) is 0 Å². The summed E-state index contributed by atoms with van der Waals surface area (Å²) in [6, 6.07) is 19.5. The predicted molar refractivity (Wildman–Crippen MR) is 132 cm³/mol. The van der Waals surface area contributed by atoms with Gasteiger partial charge in [-0.3, -0.25) is 10.1 Å². The van der Waals surface area contributed by atoms with Gasteiger partial charge in [0.2, 0.25) is 5.78 Å². The Morgan fingerprint density at radius 2 is 1.53 bits per heavy atom. The van der Waals surface area contributed by atoms with Gasteiger partial charge >= 0.3 is 5.97 Å². The molecule has 2 aromatic rings. The summed E-state index contributed by atoms with van der Waals surface area (Å²) in [5.74, 6) is 0.428. The van der Waals surface area contributed by atoms with Gasteiger partial charge in [0, 0.05) is 30.4 Å². The number of ketones is 1. The van der Waals surface area contributed by atoms with Crippen LogP contribution < -0.4 is 5.32 Å². The fraction of sp³-hybridized carbons (Fsp3) is 0.517. The van der Waals surface area contributed by atoms with Crippen LogP contribution in [0.15, 0.2) is 60.7 Å². The summed E-state index contributed by atoms with van der Waals surface area (Å²) in [6.07, 6.45) is 7.87. The highest BCUT2D eigenvalue weighted by molar-refractivity contribution is 5.97. The standard InChI is InChI=1S/C29H37N2O3/c32-26(22-10-4-1-5-11-22)20-31-18-16-23(17-19-31)27(21-31)34-29(33)28(24-12-6-2-7-13-24)30-25-14-8-3-9-15-25/h1-2,4-7,10-13,23,25,27-28,30H,3,8-9,14-21H2/q+1. The molecule has 4 aliphatic rings. The summed E-state index contributed by atoms with van der Waals surface area (Å²) in [4.78, 5) is 26.6. The van der Waals surface area contributed by atoms with Gasteiger partial charge in [-0.05, 0) is 18.4 Å². The highest BCUT2D eigenvalue weighted by Gasteiger charge is 2.49. The van der Waals surface area contributed by atoms with Gasteiger partial charge in [0.1, 0.15) is 19.1 Å². The molecule has 1 aliphatic carbocycles. The second-order valence-corrected chi connectivity index (χ2v) is 10.6. The highest BCUT2D eigenvalue weighted by atomic mass is 16.5. The maximum atomic E-state index is 13.6. The number of carbonyl (C=O) groups excluding carboxylic acids is 2. The number of quaternary nitrogens is 1. The first-order chi connectivity index (χ1) is 16.6. The molecule has 2 atom stereocenters. The molecule has 2 bridgehead atoms. The van der Waals surface area contributed by atoms with E-state index in [0.29, 0.717) is 18.5 Å². The van der Waals surface area contributed by atoms with E-state index in [1.807, 2.05) is 60.7 Å². The third kappa shape index (κ3) is 5.26. The molecule has 1 saturated carbocycles. The molecule has 5 nitrogen and oxygen atoms in total. The van der Waals surface area contributed by atoms with E-state index in [1.165, 1.54) is 19.3 Å². The van der Waals surface area contributed by atoms with Crippen molar-refractivity contribution < 1.29 is 18.8 Å². The van der Waals surface area contributed by atoms with Gasteiger partial charge in [-0.25, -0.2) is 4.79 Å². The van der Waals surface area contributed by atoms with E-state index in [2.05, 4.69) is 5.32 Å². The normalized spacial score (nSPS) is 27.8. The van der Waals surface area contributed by atoms with Gasteiger partial charge in [-0.1, -0.05) is 79.9 Å². The average Bonchev–Trinajstić information content (AvgIpc) is 2.89. The van der Waals surface area contributed by atoms with Crippen molar-refractivity contribution in [1.29, 1.82) is 0 Å². The summed E-state index contributed by atoms with van der Waals surface area (Å²) >= 11 is 0. The number of hydrogen-bond donors (Lipinski definition) is 1. The molecule has 34 heavy (non-hydrogen) atoms. The first-order valence-corrected chi connectivity index (χ1v) is 13.1. The predicted octanol–water partition coefficient (Wildman–Crippen LogP) is 4.69. The first-order valence-electron chi connectivity index (χ1n) is 13.1. The van der Waals surface area contributed by atoms with Crippen molar-refractivity contribution in [3.63, 3.8) is 0 Å². The zero-order valence-electron chi connectivity index (χ0n) is 20.0. The minimum atomic E-state index is -0.431. The van der Waals surface area contributed by atoms with Crippen LogP contribution in [-0.4, -0.2) is 54.6 Å². The van der Waals surface area contributed by atoms with Gasteiger partial charge in [-0.15, -0.1) is 0 Å². The van der Waals surface area contributed by atoms with Crippen LogP contribution in [0.1, 0.15) is 66.9 Å². The van der Waals surface area contributed by atoms with E-state index in [4.69, 9.17) is 4.74 Å². The number of benzene rings is 2. The number of esters is 1. The molecule has 3 heterocycles. The fourth-order valence-corrected chi connectivity index (χ4v) is 6.26. The van der Waals surface area contributed by atoms with Crippen LogP contribution in [0.2, 0.25) is 0 Å². The second-order valence-electron chi connectivity index (χ2n) is 10.6. The number of nitrogens with one attached hydrogen (secondary N) is 1. The quantitative estimate of drug-likeness (QED) is 0.352. The molecule has 2 aromatic carbocycles. The molecule has 5 heteroatoms. The van der Waals surface area contributed by atoms with E-state index in [0.717, 1.165) is 60.9 Å². The monoisotopic (exact) mass is 461 g/mol. The lowest BCUT2D eigenvalue weighted by molar-refractivity contribution is -0.938. The molecule has 0 amide bonds. The van der Waals surface area contributed by atoms with E-state index in [1.54, 1.807) is 0 Å². The SMILES string of the molecule is O=C(C[N+]12CCC(CC1)C(OC(=O)C(NC1CCCCC1)c1ccccc1)C2)c1ccccc1. The van der Waals surface area contributed by atoms with Crippen LogP contribution in [0.25, 0.3) is 0 Å². The van der Waals surface area contributed by atoms with E-state index < -0.39 is 6.04 Å². The number of nitrogens with zero attached hydrogens (tertiary/aromatic N) is 1. The Bertz CT molecular complexity index is 963.